The van der Waals surface area contributed by atoms with Crippen LogP contribution in [0.5, 0.6) is 0 Å². The zero-order chi connectivity index (χ0) is 28.5. The van der Waals surface area contributed by atoms with Crippen molar-refractivity contribution in [2.24, 2.45) is 5.92 Å². The number of sulfonamides is 1. The average Bonchev–Trinajstić information content (AvgIpc) is 3.86. The van der Waals surface area contributed by atoms with Crippen molar-refractivity contribution in [2.45, 2.75) is 25.8 Å². The minimum atomic E-state index is -3.27. The topological polar surface area (TPSA) is 137 Å². The molecule has 5 rings (SSSR count). The van der Waals surface area contributed by atoms with Gasteiger partial charge in [-0.2, -0.15) is 10.5 Å². The Hall–Kier alpha value is -4.70. The van der Waals surface area contributed by atoms with Gasteiger partial charge in [0.15, 0.2) is 6.29 Å². The number of nitrogens with zero attached hydrogens (tertiary/aromatic N) is 4. The van der Waals surface area contributed by atoms with E-state index in [0.717, 1.165) is 46.9 Å². The molecular weight excluding hydrogens is 522 g/mol. The number of pyridine rings is 2. The van der Waals surface area contributed by atoms with E-state index in [4.69, 9.17) is 10.5 Å². The quantitative estimate of drug-likeness (QED) is 0.289. The van der Waals surface area contributed by atoms with Crippen LogP contribution in [0.15, 0.2) is 85.5 Å². The lowest BCUT2D eigenvalue weighted by Crippen LogP contribution is -2.31. The highest BCUT2D eigenvalue weighted by Gasteiger charge is 2.35. The van der Waals surface area contributed by atoms with Gasteiger partial charge in [0, 0.05) is 41.5 Å². The Bertz CT molecular complexity index is 1670. The van der Waals surface area contributed by atoms with Gasteiger partial charge in [-0.15, -0.1) is 0 Å². The SMILES string of the molecule is CCS(=O)(=O)NC(c1cncc(-c2ccc(C#N)cc2)c1)C1CC1.N#Cc1ccc(-c2cncc(C=O)c2)cc1. The van der Waals surface area contributed by atoms with Crippen LogP contribution in [0.25, 0.3) is 22.3 Å². The van der Waals surface area contributed by atoms with Gasteiger partial charge in [-0.05, 0) is 78.8 Å². The Morgan fingerprint density at radius 2 is 1.38 bits per heavy atom. The second kappa shape index (κ2) is 12.9. The molecule has 1 N–H and O–H groups in total. The van der Waals surface area contributed by atoms with Crippen molar-refractivity contribution in [3.05, 3.63) is 108 Å². The fraction of sp³-hybridized carbons (Fsp3) is 0.194. The summed E-state index contributed by atoms with van der Waals surface area (Å²) in [6.45, 7) is 1.64. The number of carbonyl (C=O) groups excluding carboxylic acids is 1. The first-order valence-corrected chi connectivity index (χ1v) is 14.4. The van der Waals surface area contributed by atoms with E-state index in [1.54, 1.807) is 55.8 Å². The molecule has 200 valence electrons. The molecule has 9 heteroatoms. The summed E-state index contributed by atoms with van der Waals surface area (Å²) in [5.74, 6) is 0.406. The van der Waals surface area contributed by atoms with Gasteiger partial charge >= 0.3 is 0 Å². The number of hydrogen-bond donors (Lipinski definition) is 1. The lowest BCUT2D eigenvalue weighted by atomic mass is 10.00. The van der Waals surface area contributed by atoms with E-state index < -0.39 is 10.0 Å². The molecule has 0 amide bonds. The largest absolute Gasteiger partial charge is 0.298 e. The summed E-state index contributed by atoms with van der Waals surface area (Å²) in [6, 6.07) is 22.1. The molecular formula is C31H27N5O3S. The first-order valence-electron chi connectivity index (χ1n) is 12.7. The number of carbonyl (C=O) groups is 1. The van der Waals surface area contributed by atoms with Gasteiger partial charge in [-0.25, -0.2) is 13.1 Å². The summed E-state index contributed by atoms with van der Waals surface area (Å²) < 4.78 is 26.8. The van der Waals surface area contributed by atoms with E-state index in [9.17, 15) is 13.2 Å². The molecule has 1 atom stereocenters. The molecule has 2 aromatic carbocycles. The Kier molecular flexibility index (Phi) is 9.13. The van der Waals surface area contributed by atoms with Gasteiger partial charge < -0.3 is 0 Å². The van der Waals surface area contributed by atoms with Crippen LogP contribution in [0.3, 0.4) is 0 Å². The molecule has 4 aromatic rings. The Balaban J connectivity index is 0.000000201. The van der Waals surface area contributed by atoms with Crippen LogP contribution in [0.4, 0.5) is 0 Å². The Labute approximate surface area is 234 Å². The number of benzene rings is 2. The zero-order valence-corrected chi connectivity index (χ0v) is 22.7. The van der Waals surface area contributed by atoms with Crippen LogP contribution in [0, 0.1) is 28.6 Å². The molecule has 1 saturated carbocycles. The van der Waals surface area contributed by atoms with Crippen LogP contribution in [0.1, 0.15) is 52.9 Å². The van der Waals surface area contributed by atoms with Crippen molar-refractivity contribution in [3.63, 3.8) is 0 Å². The summed E-state index contributed by atoms with van der Waals surface area (Å²) in [7, 11) is -3.27. The molecule has 0 radical (unpaired) electrons. The Morgan fingerprint density at radius 3 is 1.85 bits per heavy atom. The molecule has 1 aliphatic carbocycles. The van der Waals surface area contributed by atoms with Gasteiger partial charge in [0.05, 0.1) is 35.1 Å². The smallest absolute Gasteiger partial charge is 0.211 e. The van der Waals surface area contributed by atoms with Crippen molar-refractivity contribution >= 4 is 16.3 Å². The van der Waals surface area contributed by atoms with Crippen molar-refractivity contribution in [2.75, 3.05) is 5.75 Å². The lowest BCUT2D eigenvalue weighted by Gasteiger charge is -2.18. The molecule has 0 spiro atoms. The van der Waals surface area contributed by atoms with Crippen LogP contribution >= 0.6 is 0 Å². The third-order valence-corrected chi connectivity index (χ3v) is 7.86. The van der Waals surface area contributed by atoms with Crippen LogP contribution in [0.2, 0.25) is 0 Å². The fourth-order valence-electron chi connectivity index (χ4n) is 4.08. The van der Waals surface area contributed by atoms with E-state index in [-0.39, 0.29) is 11.8 Å². The molecule has 2 aromatic heterocycles. The second-order valence-electron chi connectivity index (χ2n) is 9.35. The highest BCUT2D eigenvalue weighted by molar-refractivity contribution is 7.89. The van der Waals surface area contributed by atoms with Crippen LogP contribution < -0.4 is 4.72 Å². The summed E-state index contributed by atoms with van der Waals surface area (Å²) in [6.07, 6.45) is 9.50. The molecule has 2 heterocycles. The van der Waals surface area contributed by atoms with Gasteiger partial charge in [0.25, 0.3) is 0 Å². The minimum absolute atomic E-state index is 0.0684. The predicted molar refractivity (Wildman–Crippen MR) is 152 cm³/mol. The van der Waals surface area contributed by atoms with Gasteiger partial charge in [-0.1, -0.05) is 24.3 Å². The predicted octanol–water partition coefficient (Wildman–Crippen LogP) is 5.44. The normalized spacial score (nSPS) is 13.2. The number of nitriles is 2. The van der Waals surface area contributed by atoms with Gasteiger partial charge in [0.2, 0.25) is 10.0 Å². The first-order chi connectivity index (χ1) is 19.4. The maximum atomic E-state index is 12.0. The fourth-order valence-corrected chi connectivity index (χ4v) is 4.97. The zero-order valence-electron chi connectivity index (χ0n) is 21.9. The molecule has 0 bridgehead atoms. The molecule has 1 unspecified atom stereocenters. The van der Waals surface area contributed by atoms with E-state index in [2.05, 4.69) is 26.8 Å². The maximum Gasteiger partial charge on any atom is 0.211 e. The molecule has 0 aliphatic heterocycles. The number of aromatic nitrogens is 2. The van der Waals surface area contributed by atoms with E-state index in [0.29, 0.717) is 22.6 Å². The standard InChI is InChI=1S/C18H19N3O2S.C13H8N2O/c1-2-24(22,23)21-18(15-7-8-15)17-9-16(11-20-12-17)14-5-3-13(10-19)4-6-14;14-6-10-1-3-12(4-2-10)13-5-11(9-16)7-15-8-13/h3-6,9,11-12,15,18,21H,2,7-8H2,1H3;1-5,7-9H. The lowest BCUT2D eigenvalue weighted by molar-refractivity contribution is 0.112. The third-order valence-electron chi connectivity index (χ3n) is 6.49. The van der Waals surface area contributed by atoms with Gasteiger partial charge in [-0.3, -0.25) is 14.8 Å². The summed E-state index contributed by atoms with van der Waals surface area (Å²) in [4.78, 5) is 18.9. The molecule has 1 aliphatic rings. The van der Waals surface area contributed by atoms with Crippen LogP contribution in [-0.4, -0.2) is 30.4 Å². The molecule has 1 fully saturated rings. The van der Waals surface area contributed by atoms with Crippen molar-refractivity contribution in [3.8, 4) is 34.4 Å². The number of nitrogens with one attached hydrogen (secondary N) is 1. The molecule has 40 heavy (non-hydrogen) atoms. The summed E-state index contributed by atoms with van der Waals surface area (Å²) in [5.41, 5.74) is 6.33. The first kappa shape index (κ1) is 28.3. The van der Waals surface area contributed by atoms with Crippen molar-refractivity contribution in [1.29, 1.82) is 10.5 Å². The second-order valence-corrected chi connectivity index (χ2v) is 11.4. The number of hydrogen-bond acceptors (Lipinski definition) is 7. The molecule has 0 saturated heterocycles. The highest BCUT2D eigenvalue weighted by Crippen LogP contribution is 2.41. The number of aldehydes is 1. The average molecular weight is 550 g/mol. The number of rotatable bonds is 8. The maximum absolute atomic E-state index is 12.0. The van der Waals surface area contributed by atoms with E-state index in [1.807, 2.05) is 30.3 Å². The molecule has 8 nitrogen and oxygen atoms in total. The van der Waals surface area contributed by atoms with E-state index >= 15 is 0 Å². The Morgan fingerprint density at radius 1 is 0.850 bits per heavy atom. The third kappa shape index (κ3) is 7.45. The van der Waals surface area contributed by atoms with Crippen molar-refractivity contribution < 1.29 is 13.2 Å². The minimum Gasteiger partial charge on any atom is -0.298 e. The monoisotopic (exact) mass is 549 g/mol. The highest BCUT2D eigenvalue weighted by atomic mass is 32.2. The van der Waals surface area contributed by atoms with E-state index in [1.165, 1.54) is 6.20 Å². The van der Waals surface area contributed by atoms with Crippen molar-refractivity contribution in [1.82, 2.24) is 14.7 Å². The van der Waals surface area contributed by atoms with Crippen LogP contribution in [-0.2, 0) is 10.0 Å². The summed E-state index contributed by atoms with van der Waals surface area (Å²) in [5, 5.41) is 17.6. The van der Waals surface area contributed by atoms with Gasteiger partial charge in [0.1, 0.15) is 0 Å². The summed E-state index contributed by atoms with van der Waals surface area (Å²) >= 11 is 0.